The van der Waals surface area contributed by atoms with E-state index in [9.17, 15) is 22.8 Å². The van der Waals surface area contributed by atoms with Crippen molar-refractivity contribution in [3.8, 4) is 0 Å². The Labute approximate surface area is 147 Å². The summed E-state index contributed by atoms with van der Waals surface area (Å²) in [5.74, 6) is -1.68. The fourth-order valence-corrected chi connectivity index (χ4v) is 2.56. The van der Waals surface area contributed by atoms with Crippen LogP contribution >= 0.6 is 0 Å². The molecular weight excluding hydrogens is 353 g/mol. The van der Waals surface area contributed by atoms with Crippen molar-refractivity contribution in [3.63, 3.8) is 0 Å². The van der Waals surface area contributed by atoms with Gasteiger partial charge in [-0.3, -0.25) is 5.32 Å². The third-order valence-corrected chi connectivity index (χ3v) is 3.60. The highest BCUT2D eigenvalue weighted by atomic mass is 19.4. The van der Waals surface area contributed by atoms with Gasteiger partial charge in [-0.15, -0.1) is 0 Å². The number of hydrogen-bond acceptors (Lipinski definition) is 4. The Balaban J connectivity index is 2.68. The van der Waals surface area contributed by atoms with Crippen molar-refractivity contribution in [2.45, 2.75) is 38.1 Å². The number of H-pyrrole nitrogens is 1. The van der Waals surface area contributed by atoms with Crippen LogP contribution in [0.4, 0.5) is 18.0 Å². The van der Waals surface area contributed by atoms with Gasteiger partial charge in [-0.25, -0.2) is 9.59 Å². The summed E-state index contributed by atoms with van der Waals surface area (Å²) in [5, 5.41) is 1.81. The van der Waals surface area contributed by atoms with Gasteiger partial charge < -0.3 is 14.5 Å². The number of benzene rings is 1. The van der Waals surface area contributed by atoms with Gasteiger partial charge in [0.1, 0.15) is 5.60 Å². The first-order valence-corrected chi connectivity index (χ1v) is 7.65. The number of esters is 1. The van der Waals surface area contributed by atoms with Gasteiger partial charge in [0.25, 0.3) is 5.54 Å². The number of ether oxygens (including phenoxy) is 2. The average Bonchev–Trinajstić information content (AvgIpc) is 2.93. The lowest BCUT2D eigenvalue weighted by molar-refractivity contribution is -0.213. The molecule has 0 bridgehead atoms. The molecule has 9 heteroatoms. The highest BCUT2D eigenvalue weighted by Gasteiger charge is 2.65. The summed E-state index contributed by atoms with van der Waals surface area (Å²) in [6, 6.07) is 6.09. The van der Waals surface area contributed by atoms with E-state index in [-0.39, 0.29) is 5.39 Å². The maximum Gasteiger partial charge on any atom is 0.427 e. The first kappa shape index (κ1) is 19.6. The predicted octanol–water partition coefficient (Wildman–Crippen LogP) is 3.62. The van der Waals surface area contributed by atoms with E-state index >= 15 is 0 Å². The number of methoxy groups -OCH3 is 1. The highest BCUT2D eigenvalue weighted by molar-refractivity contribution is 5.95. The van der Waals surface area contributed by atoms with E-state index in [2.05, 4.69) is 9.72 Å². The molecule has 1 atom stereocenters. The second-order valence-corrected chi connectivity index (χ2v) is 6.61. The largest absolute Gasteiger partial charge is 0.467 e. The number of alkyl halides is 3. The Bertz CT molecular complexity index is 823. The molecule has 0 aliphatic heterocycles. The van der Waals surface area contributed by atoms with Crippen LogP contribution in [0.5, 0.6) is 0 Å². The van der Waals surface area contributed by atoms with E-state index in [1.54, 1.807) is 17.4 Å². The minimum absolute atomic E-state index is 0.117. The second kappa shape index (κ2) is 6.54. The van der Waals surface area contributed by atoms with Crippen LogP contribution in [0.3, 0.4) is 0 Å². The van der Waals surface area contributed by atoms with Gasteiger partial charge in [0.15, 0.2) is 0 Å². The predicted molar refractivity (Wildman–Crippen MR) is 87.4 cm³/mol. The van der Waals surface area contributed by atoms with Crippen molar-refractivity contribution in [2.75, 3.05) is 7.11 Å². The first-order chi connectivity index (χ1) is 11.9. The van der Waals surface area contributed by atoms with Crippen molar-refractivity contribution in [3.05, 3.63) is 36.0 Å². The minimum Gasteiger partial charge on any atom is -0.467 e. The number of halogens is 3. The van der Waals surface area contributed by atoms with Crippen LogP contribution in [0.2, 0.25) is 0 Å². The van der Waals surface area contributed by atoms with Gasteiger partial charge in [-0.2, -0.15) is 13.2 Å². The molecule has 1 amide bonds. The third-order valence-electron chi connectivity index (χ3n) is 3.60. The number of aromatic nitrogens is 1. The van der Waals surface area contributed by atoms with Crippen molar-refractivity contribution in [1.82, 2.24) is 10.3 Å². The van der Waals surface area contributed by atoms with Crippen LogP contribution in [0.25, 0.3) is 10.9 Å². The van der Waals surface area contributed by atoms with Crippen LogP contribution in [-0.4, -0.2) is 35.9 Å². The van der Waals surface area contributed by atoms with Crippen LogP contribution in [0.1, 0.15) is 26.3 Å². The molecule has 1 aromatic carbocycles. The van der Waals surface area contributed by atoms with E-state index in [1.165, 1.54) is 32.9 Å². The van der Waals surface area contributed by atoms with Gasteiger partial charge in [0.05, 0.1) is 7.11 Å². The molecule has 142 valence electrons. The Kier molecular flexibility index (Phi) is 4.94. The quantitative estimate of drug-likeness (QED) is 0.807. The second-order valence-electron chi connectivity index (χ2n) is 6.61. The number of carbonyl (C=O) groups is 2. The molecule has 26 heavy (non-hydrogen) atoms. The lowest BCUT2D eigenvalue weighted by Crippen LogP contribution is -2.62. The summed E-state index contributed by atoms with van der Waals surface area (Å²) in [7, 11) is 0.814. The lowest BCUT2D eigenvalue weighted by atomic mass is 9.88. The van der Waals surface area contributed by atoms with E-state index in [4.69, 9.17) is 4.74 Å². The minimum atomic E-state index is -5.19. The number of aromatic amines is 1. The summed E-state index contributed by atoms with van der Waals surface area (Å²) in [5.41, 5.74) is -4.61. The molecule has 0 aliphatic carbocycles. The topological polar surface area (TPSA) is 80.4 Å². The fraction of sp³-hybridized carbons (Fsp3) is 0.412. The van der Waals surface area contributed by atoms with Crippen LogP contribution < -0.4 is 5.32 Å². The fourth-order valence-electron chi connectivity index (χ4n) is 2.56. The Hall–Kier alpha value is -2.71. The van der Waals surface area contributed by atoms with Gasteiger partial charge in [0, 0.05) is 22.7 Å². The van der Waals surface area contributed by atoms with Crippen molar-refractivity contribution >= 4 is 23.0 Å². The van der Waals surface area contributed by atoms with E-state index in [1.807, 2.05) is 0 Å². The summed E-state index contributed by atoms with van der Waals surface area (Å²) in [6.07, 6.45) is -5.57. The monoisotopic (exact) mass is 372 g/mol. The van der Waals surface area contributed by atoms with Crippen LogP contribution in [0, 0.1) is 0 Å². The molecule has 2 N–H and O–H groups in total. The van der Waals surface area contributed by atoms with E-state index < -0.39 is 34.9 Å². The number of alkyl carbamates (subject to hydrolysis) is 1. The lowest BCUT2D eigenvalue weighted by Gasteiger charge is -2.34. The Morgan fingerprint density at radius 3 is 2.27 bits per heavy atom. The molecule has 0 radical (unpaired) electrons. The Morgan fingerprint density at radius 1 is 1.12 bits per heavy atom. The number of fused-ring (bicyclic) bond motifs is 1. The number of carbonyl (C=O) groups excluding carboxylic acids is 2. The SMILES string of the molecule is COC(=O)[C@](NC(=O)OC(C)(C)C)(c1c[nH]c2ccccc12)C(F)(F)F. The maximum atomic E-state index is 14.1. The molecule has 1 aromatic heterocycles. The third kappa shape index (κ3) is 3.47. The molecule has 2 aromatic rings. The number of amides is 1. The molecule has 1 heterocycles. The first-order valence-electron chi connectivity index (χ1n) is 7.65. The number of rotatable bonds is 3. The number of hydrogen-bond donors (Lipinski definition) is 2. The zero-order valence-electron chi connectivity index (χ0n) is 14.7. The van der Waals surface area contributed by atoms with Crippen LogP contribution in [-0.2, 0) is 19.8 Å². The van der Waals surface area contributed by atoms with E-state index in [0.717, 1.165) is 13.3 Å². The Morgan fingerprint density at radius 2 is 1.73 bits per heavy atom. The van der Waals surface area contributed by atoms with Crippen molar-refractivity contribution in [2.24, 2.45) is 0 Å². The zero-order valence-corrected chi connectivity index (χ0v) is 14.7. The standard InChI is InChI=1S/C17H19F3N2O4/c1-15(2,3)26-14(24)22-16(13(23)25-4,17(18,19)20)11-9-21-12-8-6-5-7-10(11)12/h5-9,21H,1-4H3,(H,22,24)/t16-/m1/s1. The summed E-state index contributed by atoms with van der Waals surface area (Å²) in [4.78, 5) is 27.1. The molecule has 0 spiro atoms. The number of nitrogens with one attached hydrogen (secondary N) is 2. The average molecular weight is 372 g/mol. The van der Waals surface area contributed by atoms with Gasteiger partial charge >= 0.3 is 18.2 Å². The summed E-state index contributed by atoms with van der Waals surface area (Å²) >= 11 is 0. The maximum absolute atomic E-state index is 14.1. The highest BCUT2D eigenvalue weighted by Crippen LogP contribution is 2.43. The van der Waals surface area contributed by atoms with Gasteiger partial charge in [-0.05, 0) is 26.8 Å². The molecule has 0 saturated heterocycles. The molecule has 6 nitrogen and oxygen atoms in total. The van der Waals surface area contributed by atoms with Gasteiger partial charge in [0.2, 0.25) is 0 Å². The van der Waals surface area contributed by atoms with Gasteiger partial charge in [-0.1, -0.05) is 18.2 Å². The van der Waals surface area contributed by atoms with Crippen molar-refractivity contribution in [1.29, 1.82) is 0 Å². The summed E-state index contributed by atoms with van der Waals surface area (Å²) in [6.45, 7) is 4.48. The zero-order chi connectivity index (χ0) is 19.8. The number of para-hydroxylation sites is 1. The smallest absolute Gasteiger partial charge is 0.427 e. The molecule has 0 unspecified atom stereocenters. The summed E-state index contributed by atoms with van der Waals surface area (Å²) < 4.78 is 51.7. The molecule has 0 saturated carbocycles. The molecule has 2 rings (SSSR count). The normalized spacial score (nSPS) is 14.6. The molecule has 0 aliphatic rings. The van der Waals surface area contributed by atoms with Crippen molar-refractivity contribution < 1.29 is 32.2 Å². The molecular formula is C17H19F3N2O4. The van der Waals surface area contributed by atoms with Crippen LogP contribution in [0.15, 0.2) is 30.5 Å². The molecule has 0 fully saturated rings. The van der Waals surface area contributed by atoms with E-state index in [0.29, 0.717) is 5.52 Å².